The molecule has 0 spiro atoms. The van der Waals surface area contributed by atoms with Gasteiger partial charge >= 0.3 is 0 Å². The predicted octanol–water partition coefficient (Wildman–Crippen LogP) is 3.79. The Kier molecular flexibility index (Phi) is 4.23. The zero-order chi connectivity index (χ0) is 15.6. The van der Waals surface area contributed by atoms with E-state index in [-0.39, 0.29) is 6.10 Å². The Morgan fingerprint density at radius 2 is 2.17 bits per heavy atom. The summed E-state index contributed by atoms with van der Waals surface area (Å²) in [4.78, 5) is 11.3. The highest BCUT2D eigenvalue weighted by atomic mass is 35.5. The highest BCUT2D eigenvalue weighted by Gasteiger charge is 2.28. The second-order valence-corrected chi connectivity index (χ2v) is 6.66. The lowest BCUT2D eigenvalue weighted by Gasteiger charge is -2.26. The van der Waals surface area contributed by atoms with E-state index in [1.807, 2.05) is 18.2 Å². The van der Waals surface area contributed by atoms with Crippen molar-refractivity contribution in [3.05, 3.63) is 41.2 Å². The van der Waals surface area contributed by atoms with Gasteiger partial charge in [-0.1, -0.05) is 11.6 Å². The Morgan fingerprint density at radius 1 is 1.26 bits per heavy atom. The number of halogens is 1. The number of hydrogen-bond acceptors (Lipinski definition) is 5. The van der Waals surface area contributed by atoms with Crippen molar-refractivity contribution in [2.24, 2.45) is 0 Å². The van der Waals surface area contributed by atoms with E-state index >= 15 is 0 Å². The molecule has 122 valence electrons. The van der Waals surface area contributed by atoms with E-state index in [4.69, 9.17) is 25.7 Å². The van der Waals surface area contributed by atoms with Gasteiger partial charge in [-0.2, -0.15) is 0 Å². The molecule has 1 saturated heterocycles. The van der Waals surface area contributed by atoms with Crippen molar-refractivity contribution in [3.63, 3.8) is 0 Å². The number of rotatable bonds is 6. The minimum atomic E-state index is 0.239. The summed E-state index contributed by atoms with van der Waals surface area (Å²) >= 11 is 6.23. The third kappa shape index (κ3) is 3.67. The zero-order valence-electron chi connectivity index (χ0n) is 12.9. The molecule has 0 bridgehead atoms. The van der Waals surface area contributed by atoms with Crippen LogP contribution < -0.4 is 4.90 Å². The van der Waals surface area contributed by atoms with Gasteiger partial charge in [0.05, 0.1) is 18.9 Å². The maximum absolute atomic E-state index is 6.23. The minimum absolute atomic E-state index is 0.239. The van der Waals surface area contributed by atoms with Gasteiger partial charge in [0.15, 0.2) is 0 Å². The second kappa shape index (κ2) is 6.49. The molecule has 2 fully saturated rings. The van der Waals surface area contributed by atoms with E-state index in [1.165, 1.54) is 0 Å². The molecule has 1 atom stereocenters. The van der Waals surface area contributed by atoms with E-state index in [0.717, 1.165) is 56.2 Å². The van der Waals surface area contributed by atoms with Crippen LogP contribution in [0.2, 0.25) is 5.15 Å². The first-order valence-electron chi connectivity index (χ1n) is 8.21. The molecular formula is C17H20ClN3O2. The van der Waals surface area contributed by atoms with Gasteiger partial charge < -0.3 is 14.1 Å². The standard InChI is InChI=1S/C17H20ClN3O2/c18-15-9-16(20-17(19-15)12-5-6-12)21(10-13-3-1-7-22-13)11-14-4-2-8-23-14/h1,3,7,9,12,14H,2,4-6,8,10-11H2. The summed E-state index contributed by atoms with van der Waals surface area (Å²) in [5.41, 5.74) is 0. The highest BCUT2D eigenvalue weighted by molar-refractivity contribution is 6.29. The molecule has 23 heavy (non-hydrogen) atoms. The molecule has 0 aromatic carbocycles. The molecule has 0 N–H and O–H groups in total. The monoisotopic (exact) mass is 333 g/mol. The van der Waals surface area contributed by atoms with Crippen molar-refractivity contribution in [3.8, 4) is 0 Å². The minimum Gasteiger partial charge on any atom is -0.467 e. The van der Waals surface area contributed by atoms with E-state index in [0.29, 0.717) is 17.6 Å². The summed E-state index contributed by atoms with van der Waals surface area (Å²) in [7, 11) is 0. The van der Waals surface area contributed by atoms with E-state index < -0.39 is 0 Å². The van der Waals surface area contributed by atoms with Crippen LogP contribution in [-0.4, -0.2) is 29.2 Å². The van der Waals surface area contributed by atoms with Crippen molar-refractivity contribution < 1.29 is 9.15 Å². The largest absolute Gasteiger partial charge is 0.467 e. The molecule has 0 radical (unpaired) electrons. The SMILES string of the molecule is Clc1cc(N(Cc2ccco2)CC2CCCO2)nc(C2CC2)n1. The number of furan rings is 1. The summed E-state index contributed by atoms with van der Waals surface area (Å²) in [6.07, 6.45) is 6.46. The number of hydrogen-bond donors (Lipinski definition) is 0. The number of anilines is 1. The fourth-order valence-corrected chi connectivity index (χ4v) is 3.16. The van der Waals surface area contributed by atoms with Crippen LogP contribution in [0, 0.1) is 0 Å². The topological polar surface area (TPSA) is 51.4 Å². The van der Waals surface area contributed by atoms with Gasteiger partial charge in [-0.05, 0) is 37.8 Å². The summed E-state index contributed by atoms with van der Waals surface area (Å²) in [6, 6.07) is 5.72. The number of ether oxygens (including phenoxy) is 1. The molecule has 5 nitrogen and oxygen atoms in total. The second-order valence-electron chi connectivity index (χ2n) is 6.28. The Balaban J connectivity index is 1.60. The van der Waals surface area contributed by atoms with Gasteiger partial charge in [0.2, 0.25) is 0 Å². The highest BCUT2D eigenvalue weighted by Crippen LogP contribution is 2.39. The molecule has 6 heteroatoms. The van der Waals surface area contributed by atoms with Crippen molar-refractivity contribution in [1.29, 1.82) is 0 Å². The summed E-state index contributed by atoms with van der Waals surface area (Å²) < 4.78 is 11.3. The Morgan fingerprint density at radius 3 is 2.87 bits per heavy atom. The molecule has 0 amide bonds. The lowest BCUT2D eigenvalue weighted by molar-refractivity contribution is 0.115. The normalized spacial score (nSPS) is 20.8. The lowest BCUT2D eigenvalue weighted by Crippen LogP contribution is -2.32. The van der Waals surface area contributed by atoms with Gasteiger partial charge in [-0.15, -0.1) is 0 Å². The zero-order valence-corrected chi connectivity index (χ0v) is 13.7. The molecular weight excluding hydrogens is 314 g/mol. The van der Waals surface area contributed by atoms with Gasteiger partial charge in [-0.3, -0.25) is 0 Å². The maximum Gasteiger partial charge on any atom is 0.135 e. The first-order chi connectivity index (χ1) is 11.3. The smallest absolute Gasteiger partial charge is 0.135 e. The molecule has 2 aromatic heterocycles. The number of aromatic nitrogens is 2. The average Bonchev–Trinajstić information content (AvgIpc) is 3.03. The molecule has 1 aliphatic carbocycles. The van der Waals surface area contributed by atoms with Crippen molar-refractivity contribution in [1.82, 2.24) is 9.97 Å². The van der Waals surface area contributed by atoms with Crippen LogP contribution in [0.4, 0.5) is 5.82 Å². The van der Waals surface area contributed by atoms with Gasteiger partial charge in [0.1, 0.15) is 22.6 Å². The third-order valence-corrected chi connectivity index (χ3v) is 4.53. The molecule has 1 unspecified atom stereocenters. The van der Waals surface area contributed by atoms with Crippen molar-refractivity contribution in [2.75, 3.05) is 18.1 Å². The molecule has 1 aliphatic heterocycles. The summed E-state index contributed by atoms with van der Waals surface area (Å²) in [5.74, 6) is 3.11. The molecule has 1 saturated carbocycles. The van der Waals surface area contributed by atoms with Crippen LogP contribution in [0.25, 0.3) is 0 Å². The van der Waals surface area contributed by atoms with Crippen LogP contribution in [0.3, 0.4) is 0 Å². The fraction of sp³-hybridized carbons (Fsp3) is 0.529. The Hall–Kier alpha value is -1.59. The molecule has 2 aliphatic rings. The Bertz CT molecular complexity index is 652. The van der Waals surface area contributed by atoms with Crippen LogP contribution in [-0.2, 0) is 11.3 Å². The quantitative estimate of drug-likeness (QED) is 0.753. The summed E-state index contributed by atoms with van der Waals surface area (Å²) in [5, 5.41) is 0.508. The van der Waals surface area contributed by atoms with Gasteiger partial charge in [0.25, 0.3) is 0 Å². The first kappa shape index (κ1) is 15.0. The van der Waals surface area contributed by atoms with Crippen LogP contribution in [0.15, 0.2) is 28.9 Å². The fourth-order valence-electron chi connectivity index (χ4n) is 2.97. The number of nitrogens with zero attached hydrogens (tertiary/aromatic N) is 3. The van der Waals surface area contributed by atoms with Crippen LogP contribution in [0.5, 0.6) is 0 Å². The molecule has 4 rings (SSSR count). The van der Waals surface area contributed by atoms with E-state index in [2.05, 4.69) is 9.88 Å². The first-order valence-corrected chi connectivity index (χ1v) is 8.59. The maximum atomic E-state index is 6.23. The van der Waals surface area contributed by atoms with Crippen molar-refractivity contribution >= 4 is 17.4 Å². The summed E-state index contributed by atoms with van der Waals surface area (Å²) in [6.45, 7) is 2.29. The lowest BCUT2D eigenvalue weighted by atomic mass is 10.2. The average molecular weight is 334 g/mol. The molecule has 2 aromatic rings. The van der Waals surface area contributed by atoms with E-state index in [9.17, 15) is 0 Å². The van der Waals surface area contributed by atoms with Gasteiger partial charge in [-0.25, -0.2) is 9.97 Å². The van der Waals surface area contributed by atoms with Crippen LogP contribution in [0.1, 0.15) is 43.2 Å². The van der Waals surface area contributed by atoms with Crippen molar-refractivity contribution in [2.45, 2.75) is 44.2 Å². The molecule has 3 heterocycles. The Labute approximate surface area is 140 Å². The van der Waals surface area contributed by atoms with Gasteiger partial charge in [0, 0.05) is 25.1 Å². The third-order valence-electron chi connectivity index (χ3n) is 4.34. The van der Waals surface area contributed by atoms with E-state index in [1.54, 1.807) is 6.26 Å². The van der Waals surface area contributed by atoms with Crippen LogP contribution >= 0.6 is 11.6 Å². The predicted molar refractivity (Wildman–Crippen MR) is 87.7 cm³/mol.